The lowest BCUT2D eigenvalue weighted by Crippen LogP contribution is -2.51. The Kier molecular flexibility index (Phi) is 5.44. The second kappa shape index (κ2) is 7.09. The topological polar surface area (TPSA) is 27.7 Å². The number of nitrogens with zero attached hydrogens (tertiary/aromatic N) is 2. The highest BCUT2D eigenvalue weighted by molar-refractivity contribution is 9.10. The molecule has 1 aliphatic heterocycles. The second-order valence-electron chi connectivity index (χ2n) is 4.50. The van der Waals surface area contributed by atoms with E-state index in [1.54, 1.807) is 0 Å². The average Bonchev–Trinajstić information content (AvgIpc) is 2.37. The van der Waals surface area contributed by atoms with Crippen LogP contribution in [-0.4, -0.2) is 56.3 Å². The van der Waals surface area contributed by atoms with Crippen LogP contribution >= 0.6 is 15.9 Å². The van der Waals surface area contributed by atoms with E-state index in [1.165, 1.54) is 0 Å². The Morgan fingerprint density at radius 1 is 1.28 bits per heavy atom. The summed E-state index contributed by atoms with van der Waals surface area (Å²) in [6.45, 7) is 5.93. The van der Waals surface area contributed by atoms with Crippen LogP contribution in [0, 0.1) is 0 Å². The Labute approximate surface area is 117 Å². The summed E-state index contributed by atoms with van der Waals surface area (Å²) in [5, 5.41) is 2.27. The van der Waals surface area contributed by atoms with Crippen molar-refractivity contribution in [1.29, 1.82) is 0 Å². The zero-order chi connectivity index (χ0) is 12.8. The standard InChI is InChI=1S/C13H20BrN3O/c1-16-6-8-17(9-7-16)15-5-10-18-13-4-2-3-12(14)11-13/h2-4,11,15H,5-10H2,1H3. The Hall–Kier alpha value is -0.620. The number of hydrogen-bond acceptors (Lipinski definition) is 4. The second-order valence-corrected chi connectivity index (χ2v) is 5.42. The van der Waals surface area contributed by atoms with Gasteiger partial charge in [0.25, 0.3) is 0 Å². The first kappa shape index (κ1) is 13.8. The van der Waals surface area contributed by atoms with Gasteiger partial charge in [0, 0.05) is 37.2 Å². The first-order chi connectivity index (χ1) is 8.74. The predicted molar refractivity (Wildman–Crippen MR) is 76.7 cm³/mol. The molecule has 0 aliphatic carbocycles. The lowest BCUT2D eigenvalue weighted by atomic mass is 10.3. The third kappa shape index (κ3) is 4.57. The third-order valence-corrected chi connectivity index (χ3v) is 3.50. The molecule has 0 saturated carbocycles. The molecule has 0 aromatic heterocycles. The van der Waals surface area contributed by atoms with Gasteiger partial charge in [0.15, 0.2) is 0 Å². The molecule has 0 atom stereocenters. The molecular weight excluding hydrogens is 294 g/mol. The normalized spacial score (nSPS) is 17.9. The van der Waals surface area contributed by atoms with Crippen molar-refractivity contribution in [1.82, 2.24) is 15.3 Å². The van der Waals surface area contributed by atoms with Crippen molar-refractivity contribution in [3.8, 4) is 5.75 Å². The zero-order valence-electron chi connectivity index (χ0n) is 10.7. The van der Waals surface area contributed by atoms with Crippen LogP contribution in [0.25, 0.3) is 0 Å². The first-order valence-electron chi connectivity index (χ1n) is 6.29. The molecule has 4 nitrogen and oxygen atoms in total. The van der Waals surface area contributed by atoms with Gasteiger partial charge in [0.05, 0.1) is 0 Å². The molecule has 5 heteroatoms. The molecule has 0 radical (unpaired) electrons. The smallest absolute Gasteiger partial charge is 0.120 e. The van der Waals surface area contributed by atoms with Gasteiger partial charge in [-0.25, -0.2) is 5.01 Å². The predicted octanol–water partition coefficient (Wildman–Crippen LogP) is 1.58. The van der Waals surface area contributed by atoms with E-state index in [-0.39, 0.29) is 0 Å². The van der Waals surface area contributed by atoms with Gasteiger partial charge in [-0.1, -0.05) is 22.0 Å². The van der Waals surface area contributed by atoms with Crippen molar-refractivity contribution in [2.75, 3.05) is 46.4 Å². The van der Waals surface area contributed by atoms with Gasteiger partial charge in [-0.15, -0.1) is 0 Å². The Morgan fingerprint density at radius 2 is 2.06 bits per heavy atom. The van der Waals surface area contributed by atoms with Crippen molar-refractivity contribution in [3.63, 3.8) is 0 Å². The van der Waals surface area contributed by atoms with E-state index in [4.69, 9.17) is 4.74 Å². The molecule has 1 heterocycles. The monoisotopic (exact) mass is 313 g/mol. The fourth-order valence-corrected chi connectivity index (χ4v) is 2.27. The van der Waals surface area contributed by atoms with Crippen molar-refractivity contribution < 1.29 is 4.74 Å². The molecule has 1 aliphatic rings. The number of likely N-dealkylation sites (N-methyl/N-ethyl adjacent to an activating group) is 1. The highest BCUT2D eigenvalue weighted by atomic mass is 79.9. The summed E-state index contributed by atoms with van der Waals surface area (Å²) in [4.78, 5) is 2.34. The van der Waals surface area contributed by atoms with E-state index in [2.05, 4.69) is 38.3 Å². The summed E-state index contributed by atoms with van der Waals surface area (Å²) >= 11 is 3.43. The number of nitrogens with one attached hydrogen (secondary N) is 1. The van der Waals surface area contributed by atoms with E-state index in [0.29, 0.717) is 6.61 Å². The van der Waals surface area contributed by atoms with Gasteiger partial charge >= 0.3 is 0 Å². The molecule has 100 valence electrons. The van der Waals surface area contributed by atoms with Crippen molar-refractivity contribution in [3.05, 3.63) is 28.7 Å². The molecule has 1 aromatic carbocycles. The Balaban J connectivity index is 1.61. The molecule has 0 bridgehead atoms. The van der Waals surface area contributed by atoms with Crippen LogP contribution in [0.5, 0.6) is 5.75 Å². The molecule has 1 aromatic rings. The summed E-state index contributed by atoms with van der Waals surface area (Å²) in [6, 6.07) is 7.93. The average molecular weight is 314 g/mol. The molecule has 0 unspecified atom stereocenters. The zero-order valence-corrected chi connectivity index (χ0v) is 12.3. The maximum absolute atomic E-state index is 5.67. The molecule has 0 amide bonds. The van der Waals surface area contributed by atoms with E-state index in [9.17, 15) is 0 Å². The molecule has 1 fully saturated rings. The largest absolute Gasteiger partial charge is 0.492 e. The van der Waals surface area contributed by atoms with E-state index in [0.717, 1.165) is 42.9 Å². The third-order valence-electron chi connectivity index (χ3n) is 3.01. The number of benzene rings is 1. The number of halogens is 1. The van der Waals surface area contributed by atoms with Gasteiger partial charge in [-0.2, -0.15) is 0 Å². The van der Waals surface area contributed by atoms with E-state index >= 15 is 0 Å². The highest BCUT2D eigenvalue weighted by Gasteiger charge is 2.12. The quantitative estimate of drug-likeness (QED) is 0.835. The van der Waals surface area contributed by atoms with E-state index in [1.807, 2.05) is 24.3 Å². The molecule has 1 saturated heterocycles. The Morgan fingerprint density at radius 3 is 2.78 bits per heavy atom. The minimum Gasteiger partial charge on any atom is -0.492 e. The molecule has 18 heavy (non-hydrogen) atoms. The van der Waals surface area contributed by atoms with Crippen molar-refractivity contribution in [2.45, 2.75) is 0 Å². The van der Waals surface area contributed by atoms with Crippen LogP contribution in [0.2, 0.25) is 0 Å². The van der Waals surface area contributed by atoms with Gasteiger partial charge in [-0.3, -0.25) is 5.43 Å². The number of hydrogen-bond donors (Lipinski definition) is 1. The lowest BCUT2D eigenvalue weighted by molar-refractivity contribution is 0.0979. The van der Waals surface area contributed by atoms with Crippen LogP contribution in [-0.2, 0) is 0 Å². The number of rotatable bonds is 5. The SMILES string of the molecule is CN1CCN(NCCOc2cccc(Br)c2)CC1. The fourth-order valence-electron chi connectivity index (χ4n) is 1.89. The highest BCUT2D eigenvalue weighted by Crippen LogP contribution is 2.17. The van der Waals surface area contributed by atoms with E-state index < -0.39 is 0 Å². The Bertz CT molecular complexity index is 367. The number of piperazine rings is 1. The molecule has 1 N–H and O–H groups in total. The van der Waals surface area contributed by atoms with Crippen LogP contribution in [0.4, 0.5) is 0 Å². The lowest BCUT2D eigenvalue weighted by Gasteiger charge is -2.32. The summed E-state index contributed by atoms with van der Waals surface area (Å²) < 4.78 is 6.72. The minimum atomic E-state index is 0.683. The molecular formula is C13H20BrN3O. The maximum atomic E-state index is 5.67. The van der Waals surface area contributed by atoms with Gasteiger partial charge in [0.1, 0.15) is 12.4 Å². The molecule has 2 rings (SSSR count). The maximum Gasteiger partial charge on any atom is 0.120 e. The first-order valence-corrected chi connectivity index (χ1v) is 7.09. The summed E-state index contributed by atoms with van der Waals surface area (Å²) in [7, 11) is 2.16. The van der Waals surface area contributed by atoms with Crippen molar-refractivity contribution in [2.24, 2.45) is 0 Å². The van der Waals surface area contributed by atoms with Crippen LogP contribution in [0.15, 0.2) is 28.7 Å². The molecule has 0 spiro atoms. The number of ether oxygens (including phenoxy) is 1. The van der Waals surface area contributed by atoms with Crippen molar-refractivity contribution >= 4 is 15.9 Å². The number of hydrazine groups is 1. The van der Waals surface area contributed by atoms with Gasteiger partial charge in [-0.05, 0) is 25.2 Å². The van der Waals surface area contributed by atoms with Gasteiger partial charge < -0.3 is 9.64 Å². The summed E-state index contributed by atoms with van der Waals surface area (Å²) in [6.07, 6.45) is 0. The van der Waals surface area contributed by atoms with Crippen LogP contribution < -0.4 is 10.2 Å². The summed E-state index contributed by atoms with van der Waals surface area (Å²) in [5.74, 6) is 0.907. The van der Waals surface area contributed by atoms with Crippen LogP contribution in [0.1, 0.15) is 0 Å². The fraction of sp³-hybridized carbons (Fsp3) is 0.538. The minimum absolute atomic E-state index is 0.683. The van der Waals surface area contributed by atoms with Crippen LogP contribution in [0.3, 0.4) is 0 Å². The summed E-state index contributed by atoms with van der Waals surface area (Å²) in [5.41, 5.74) is 3.40. The van der Waals surface area contributed by atoms with Gasteiger partial charge in [0.2, 0.25) is 0 Å².